The van der Waals surface area contributed by atoms with Crippen molar-refractivity contribution in [2.24, 2.45) is 0 Å². The second kappa shape index (κ2) is 8.76. The molecule has 1 aliphatic rings. The Hall–Kier alpha value is -0.580. The molecule has 2 heterocycles. The van der Waals surface area contributed by atoms with E-state index in [4.69, 9.17) is 0 Å². The van der Waals surface area contributed by atoms with E-state index in [1.165, 1.54) is 15.3 Å². The Morgan fingerprint density at radius 2 is 2.24 bits per heavy atom. The van der Waals surface area contributed by atoms with Gasteiger partial charge in [0.1, 0.15) is 0 Å². The minimum atomic E-state index is 0. The first-order chi connectivity index (χ1) is 9.54. The number of rotatable bonds is 5. The smallest absolute Gasteiger partial charge is 0.220 e. The summed E-state index contributed by atoms with van der Waals surface area (Å²) in [4.78, 5) is 14.7. The van der Waals surface area contributed by atoms with Crippen LogP contribution in [0.4, 0.5) is 0 Å². The van der Waals surface area contributed by atoms with E-state index >= 15 is 0 Å². The van der Waals surface area contributed by atoms with Crippen LogP contribution < -0.4 is 10.6 Å². The Morgan fingerprint density at radius 1 is 1.48 bits per heavy atom. The van der Waals surface area contributed by atoms with Gasteiger partial charge < -0.3 is 10.6 Å². The highest BCUT2D eigenvalue weighted by atomic mass is 35.5. The van der Waals surface area contributed by atoms with Crippen molar-refractivity contribution in [1.82, 2.24) is 10.6 Å². The number of amides is 1. The average molecular weight is 331 g/mol. The maximum atomic E-state index is 12.0. The first-order valence-corrected chi connectivity index (χ1v) is 8.45. The van der Waals surface area contributed by atoms with E-state index in [2.05, 4.69) is 37.5 Å². The lowest BCUT2D eigenvalue weighted by molar-refractivity contribution is -0.122. The molecule has 1 aromatic rings. The number of thiophene rings is 1. The minimum absolute atomic E-state index is 0. The molecule has 0 radical (unpaired) electrons. The summed E-state index contributed by atoms with van der Waals surface area (Å²) in [5, 5.41) is 6.59. The number of hydrogen-bond acceptors (Lipinski definition) is 3. The predicted molar refractivity (Wildman–Crippen MR) is 92.6 cm³/mol. The number of carbonyl (C=O) groups excluding carboxylic acids is 1. The molecule has 2 unspecified atom stereocenters. The molecule has 0 spiro atoms. The number of hydrogen-bond donors (Lipinski definition) is 2. The molecule has 1 saturated heterocycles. The Labute approximate surface area is 138 Å². The van der Waals surface area contributed by atoms with Gasteiger partial charge in [-0.05, 0) is 64.6 Å². The topological polar surface area (TPSA) is 41.1 Å². The molecule has 1 aliphatic heterocycles. The van der Waals surface area contributed by atoms with E-state index < -0.39 is 0 Å². The van der Waals surface area contributed by atoms with Crippen LogP contribution in [0.15, 0.2) is 6.07 Å². The summed E-state index contributed by atoms with van der Waals surface area (Å²) in [5.41, 5.74) is 1.41. The Bertz CT molecular complexity index is 461. The van der Waals surface area contributed by atoms with Gasteiger partial charge in [0.2, 0.25) is 5.91 Å². The van der Waals surface area contributed by atoms with E-state index in [1.807, 2.05) is 11.3 Å². The molecule has 0 aliphatic carbocycles. The summed E-state index contributed by atoms with van der Waals surface area (Å²) in [6.07, 6.45) is 4.72. The van der Waals surface area contributed by atoms with Crippen molar-refractivity contribution in [3.05, 3.63) is 21.4 Å². The summed E-state index contributed by atoms with van der Waals surface area (Å²) >= 11 is 1.85. The number of aryl methyl sites for hydroxylation is 3. The third-order valence-electron chi connectivity index (χ3n) is 3.98. The van der Waals surface area contributed by atoms with Crippen LogP contribution in [0.5, 0.6) is 0 Å². The van der Waals surface area contributed by atoms with Crippen LogP contribution in [0.2, 0.25) is 0 Å². The van der Waals surface area contributed by atoms with Crippen LogP contribution in [-0.2, 0) is 11.2 Å². The van der Waals surface area contributed by atoms with Crippen molar-refractivity contribution in [3.63, 3.8) is 0 Å². The second-order valence-corrected chi connectivity index (χ2v) is 7.40. The zero-order chi connectivity index (χ0) is 14.5. The number of carbonyl (C=O) groups is 1. The van der Waals surface area contributed by atoms with Gasteiger partial charge >= 0.3 is 0 Å². The highest BCUT2D eigenvalue weighted by Gasteiger charge is 2.19. The van der Waals surface area contributed by atoms with E-state index in [1.54, 1.807) is 0 Å². The molecular formula is C16H27ClN2OS. The average Bonchev–Trinajstić information content (AvgIpc) is 2.68. The van der Waals surface area contributed by atoms with Gasteiger partial charge in [0.05, 0.1) is 0 Å². The highest BCUT2D eigenvalue weighted by molar-refractivity contribution is 7.12. The van der Waals surface area contributed by atoms with Crippen molar-refractivity contribution >= 4 is 29.7 Å². The minimum Gasteiger partial charge on any atom is -0.353 e. The summed E-state index contributed by atoms with van der Waals surface area (Å²) in [6.45, 7) is 7.51. The molecular weight excluding hydrogens is 304 g/mol. The van der Waals surface area contributed by atoms with Gasteiger partial charge in [-0.25, -0.2) is 0 Å². The molecule has 3 nitrogen and oxygen atoms in total. The van der Waals surface area contributed by atoms with E-state index in [-0.39, 0.29) is 18.3 Å². The van der Waals surface area contributed by atoms with Crippen molar-refractivity contribution < 1.29 is 4.79 Å². The van der Waals surface area contributed by atoms with Gasteiger partial charge in [0.15, 0.2) is 0 Å². The molecule has 0 bridgehead atoms. The number of nitrogens with one attached hydrogen (secondary N) is 2. The fourth-order valence-corrected chi connectivity index (χ4v) is 3.91. The third-order valence-corrected chi connectivity index (χ3v) is 4.99. The Morgan fingerprint density at radius 3 is 2.86 bits per heavy atom. The number of halogens is 1. The van der Waals surface area contributed by atoms with Crippen LogP contribution in [0, 0.1) is 13.8 Å². The van der Waals surface area contributed by atoms with Gasteiger partial charge in [0.25, 0.3) is 0 Å². The van der Waals surface area contributed by atoms with E-state index in [0.717, 1.165) is 32.2 Å². The quantitative estimate of drug-likeness (QED) is 0.869. The van der Waals surface area contributed by atoms with Crippen LogP contribution in [-0.4, -0.2) is 24.5 Å². The normalized spacial score (nSPS) is 21.7. The summed E-state index contributed by atoms with van der Waals surface area (Å²) in [5.74, 6) is 0.216. The van der Waals surface area contributed by atoms with E-state index in [0.29, 0.717) is 18.5 Å². The van der Waals surface area contributed by atoms with Crippen molar-refractivity contribution in [2.45, 2.75) is 65.0 Å². The SMILES string of the molecule is Cc1cc(CCCC(=O)NC2CCNC(C)C2)c(C)s1.Cl. The second-order valence-electron chi connectivity index (χ2n) is 5.94. The zero-order valence-corrected chi connectivity index (χ0v) is 14.8. The Balaban J connectivity index is 0.00000220. The fourth-order valence-electron chi connectivity index (χ4n) is 2.93. The number of piperidine rings is 1. The third kappa shape index (κ3) is 5.97. The molecule has 1 aromatic heterocycles. The van der Waals surface area contributed by atoms with Crippen LogP contribution >= 0.6 is 23.7 Å². The maximum absolute atomic E-state index is 12.0. The maximum Gasteiger partial charge on any atom is 0.220 e. The van der Waals surface area contributed by atoms with E-state index in [9.17, 15) is 4.79 Å². The van der Waals surface area contributed by atoms with Gasteiger partial charge in [-0.3, -0.25) is 4.79 Å². The Kier molecular flexibility index (Phi) is 7.71. The molecule has 2 rings (SSSR count). The molecule has 0 saturated carbocycles. The van der Waals surface area contributed by atoms with Gasteiger partial charge in [-0.2, -0.15) is 0 Å². The molecule has 2 N–H and O–H groups in total. The largest absolute Gasteiger partial charge is 0.353 e. The van der Waals surface area contributed by atoms with Crippen molar-refractivity contribution in [3.8, 4) is 0 Å². The van der Waals surface area contributed by atoms with Gasteiger partial charge in [-0.15, -0.1) is 23.7 Å². The highest BCUT2D eigenvalue weighted by Crippen LogP contribution is 2.22. The summed E-state index contributed by atoms with van der Waals surface area (Å²) in [6, 6.07) is 3.14. The molecule has 120 valence electrons. The van der Waals surface area contributed by atoms with Crippen LogP contribution in [0.3, 0.4) is 0 Å². The summed E-state index contributed by atoms with van der Waals surface area (Å²) < 4.78 is 0. The predicted octanol–water partition coefficient (Wildman–Crippen LogP) is 3.37. The lowest BCUT2D eigenvalue weighted by Crippen LogP contribution is -2.46. The monoisotopic (exact) mass is 330 g/mol. The van der Waals surface area contributed by atoms with Crippen molar-refractivity contribution in [2.75, 3.05) is 6.54 Å². The van der Waals surface area contributed by atoms with Crippen molar-refractivity contribution in [1.29, 1.82) is 0 Å². The zero-order valence-electron chi connectivity index (χ0n) is 13.2. The molecule has 1 fully saturated rings. The first kappa shape index (κ1) is 18.5. The van der Waals surface area contributed by atoms with Gasteiger partial charge in [-0.1, -0.05) is 0 Å². The van der Waals surface area contributed by atoms with Crippen LogP contribution in [0.1, 0.15) is 47.9 Å². The molecule has 21 heavy (non-hydrogen) atoms. The van der Waals surface area contributed by atoms with Gasteiger partial charge in [0, 0.05) is 28.3 Å². The molecule has 5 heteroatoms. The first-order valence-electron chi connectivity index (χ1n) is 7.63. The molecule has 0 aromatic carbocycles. The molecule has 1 amide bonds. The lowest BCUT2D eigenvalue weighted by atomic mass is 10.0. The molecule has 2 atom stereocenters. The summed E-state index contributed by atoms with van der Waals surface area (Å²) in [7, 11) is 0. The fraction of sp³-hybridized carbons (Fsp3) is 0.688. The van der Waals surface area contributed by atoms with Crippen LogP contribution in [0.25, 0.3) is 0 Å². The standard InChI is InChI=1S/C16H26N2OS.ClH/c1-11-9-15(7-8-17-11)18-16(19)6-4-5-14-10-12(2)20-13(14)3;/h10-11,15,17H,4-9H2,1-3H3,(H,18,19);1H. The lowest BCUT2D eigenvalue weighted by Gasteiger charge is -2.28.